The highest BCUT2D eigenvalue weighted by atomic mass is 35.5. The second-order valence-corrected chi connectivity index (χ2v) is 5.75. The van der Waals surface area contributed by atoms with Crippen LogP contribution in [-0.2, 0) is 4.79 Å². The summed E-state index contributed by atoms with van der Waals surface area (Å²) < 4.78 is 5.54. The molecule has 122 valence electrons. The molecule has 0 saturated carbocycles. The zero-order chi connectivity index (χ0) is 16.7. The number of nitrogens with one attached hydrogen (secondary N) is 2. The van der Waals surface area contributed by atoms with Gasteiger partial charge in [-0.15, -0.1) is 0 Å². The fourth-order valence-corrected chi connectivity index (χ4v) is 2.37. The van der Waals surface area contributed by atoms with Gasteiger partial charge in [0.05, 0.1) is 23.9 Å². The molecule has 2 rings (SSSR count). The lowest BCUT2D eigenvalue weighted by Gasteiger charge is -2.10. The van der Waals surface area contributed by atoms with Gasteiger partial charge in [-0.1, -0.05) is 36.2 Å². The van der Waals surface area contributed by atoms with E-state index in [1.54, 1.807) is 24.3 Å². The Kier molecular flexibility index (Phi) is 6.56. The number of benzene rings is 2. The highest BCUT2D eigenvalue weighted by Crippen LogP contribution is 2.25. The number of anilines is 2. The third-order valence-corrected chi connectivity index (χ3v) is 3.51. The van der Waals surface area contributed by atoms with Crippen molar-refractivity contribution in [3.8, 4) is 5.75 Å². The molecule has 4 nitrogen and oxygen atoms in total. The second kappa shape index (κ2) is 8.65. The van der Waals surface area contributed by atoms with Gasteiger partial charge in [0.25, 0.3) is 0 Å². The Labute approximate surface area is 145 Å². The highest BCUT2D eigenvalue weighted by Gasteiger charge is 2.06. The molecule has 0 unspecified atom stereocenters. The monoisotopic (exact) mass is 352 g/mol. The van der Waals surface area contributed by atoms with Gasteiger partial charge in [0.1, 0.15) is 5.75 Å². The summed E-state index contributed by atoms with van der Waals surface area (Å²) in [6.07, 6.45) is 0.933. The third kappa shape index (κ3) is 5.66. The predicted octanol–water partition coefficient (Wildman–Crippen LogP) is 4.83. The molecule has 0 radical (unpaired) electrons. The van der Waals surface area contributed by atoms with Crippen LogP contribution in [0, 0.1) is 0 Å². The molecule has 0 atom stereocenters. The number of halogens is 2. The molecule has 0 spiro atoms. The summed E-state index contributed by atoms with van der Waals surface area (Å²) in [6, 6.07) is 12.4. The zero-order valence-corrected chi connectivity index (χ0v) is 14.2. The summed E-state index contributed by atoms with van der Waals surface area (Å²) in [5.41, 5.74) is 1.35. The van der Waals surface area contributed by atoms with Crippen molar-refractivity contribution in [2.24, 2.45) is 0 Å². The molecule has 0 aliphatic heterocycles. The highest BCUT2D eigenvalue weighted by molar-refractivity contribution is 6.36. The Morgan fingerprint density at radius 3 is 2.74 bits per heavy atom. The van der Waals surface area contributed by atoms with E-state index in [9.17, 15) is 4.79 Å². The topological polar surface area (TPSA) is 50.4 Å². The van der Waals surface area contributed by atoms with Gasteiger partial charge in [0.15, 0.2) is 0 Å². The second-order valence-electron chi connectivity index (χ2n) is 4.90. The van der Waals surface area contributed by atoms with Crippen molar-refractivity contribution >= 4 is 40.5 Å². The van der Waals surface area contributed by atoms with Crippen molar-refractivity contribution in [1.29, 1.82) is 0 Å². The van der Waals surface area contributed by atoms with Gasteiger partial charge in [-0.25, -0.2) is 0 Å². The van der Waals surface area contributed by atoms with E-state index in [4.69, 9.17) is 27.9 Å². The minimum Gasteiger partial charge on any atom is -0.494 e. The molecule has 23 heavy (non-hydrogen) atoms. The van der Waals surface area contributed by atoms with E-state index in [0.29, 0.717) is 28.0 Å². The molecule has 0 fully saturated rings. The average molecular weight is 353 g/mol. The van der Waals surface area contributed by atoms with Crippen LogP contribution in [0.1, 0.15) is 13.3 Å². The first-order chi connectivity index (χ1) is 11.1. The van der Waals surface area contributed by atoms with Gasteiger partial charge in [0, 0.05) is 16.8 Å². The van der Waals surface area contributed by atoms with E-state index in [2.05, 4.69) is 10.6 Å². The van der Waals surface area contributed by atoms with E-state index in [1.807, 2.05) is 25.1 Å². The standard InChI is InChI=1S/C17H18Cl2N2O2/c1-2-8-23-14-5-3-4-13(10-14)21-17(22)11-20-16-7-6-12(18)9-15(16)19/h3-7,9-10,20H,2,8,11H2,1H3,(H,21,22). The van der Waals surface area contributed by atoms with E-state index >= 15 is 0 Å². The van der Waals surface area contributed by atoms with Gasteiger partial charge in [-0.2, -0.15) is 0 Å². The molecule has 0 saturated heterocycles. The van der Waals surface area contributed by atoms with Crippen LogP contribution in [0.25, 0.3) is 0 Å². The van der Waals surface area contributed by atoms with Crippen molar-refractivity contribution < 1.29 is 9.53 Å². The van der Waals surface area contributed by atoms with Crippen LogP contribution in [0.3, 0.4) is 0 Å². The zero-order valence-electron chi connectivity index (χ0n) is 12.7. The minimum atomic E-state index is -0.177. The molecule has 0 aliphatic carbocycles. The molecular formula is C17H18Cl2N2O2. The average Bonchev–Trinajstić information content (AvgIpc) is 2.52. The smallest absolute Gasteiger partial charge is 0.243 e. The lowest BCUT2D eigenvalue weighted by atomic mass is 10.3. The Bertz CT molecular complexity index is 677. The van der Waals surface area contributed by atoms with Gasteiger partial charge in [-0.3, -0.25) is 4.79 Å². The Hall–Kier alpha value is -1.91. The fraction of sp³-hybridized carbons (Fsp3) is 0.235. The van der Waals surface area contributed by atoms with Crippen molar-refractivity contribution in [2.75, 3.05) is 23.8 Å². The molecular weight excluding hydrogens is 335 g/mol. The van der Waals surface area contributed by atoms with Crippen molar-refractivity contribution in [1.82, 2.24) is 0 Å². The van der Waals surface area contributed by atoms with Gasteiger partial charge in [0.2, 0.25) is 5.91 Å². The number of carbonyl (C=O) groups excluding carboxylic acids is 1. The van der Waals surface area contributed by atoms with Crippen LogP contribution in [0.2, 0.25) is 10.0 Å². The number of hydrogen-bond acceptors (Lipinski definition) is 3. The molecule has 0 bridgehead atoms. The number of rotatable bonds is 7. The maximum atomic E-state index is 12.0. The molecule has 2 aromatic rings. The van der Waals surface area contributed by atoms with E-state index in [1.165, 1.54) is 0 Å². The van der Waals surface area contributed by atoms with Gasteiger partial charge >= 0.3 is 0 Å². The normalized spacial score (nSPS) is 10.2. The van der Waals surface area contributed by atoms with Crippen molar-refractivity contribution in [2.45, 2.75) is 13.3 Å². The summed E-state index contributed by atoms with van der Waals surface area (Å²) in [7, 11) is 0. The Morgan fingerprint density at radius 2 is 2.00 bits per heavy atom. The first-order valence-corrected chi connectivity index (χ1v) is 8.05. The predicted molar refractivity (Wildman–Crippen MR) is 95.8 cm³/mol. The lowest BCUT2D eigenvalue weighted by molar-refractivity contribution is -0.114. The maximum Gasteiger partial charge on any atom is 0.243 e. The molecule has 2 aromatic carbocycles. The minimum absolute atomic E-state index is 0.0986. The van der Waals surface area contributed by atoms with Crippen molar-refractivity contribution in [3.05, 3.63) is 52.5 Å². The number of amides is 1. The number of hydrogen-bond donors (Lipinski definition) is 2. The third-order valence-electron chi connectivity index (χ3n) is 2.96. The molecule has 1 amide bonds. The van der Waals surface area contributed by atoms with E-state index < -0.39 is 0 Å². The molecule has 0 heterocycles. The molecule has 2 N–H and O–H groups in total. The summed E-state index contributed by atoms with van der Waals surface area (Å²) in [5, 5.41) is 6.81. The van der Waals surface area contributed by atoms with E-state index in [0.717, 1.165) is 12.2 Å². The molecule has 6 heteroatoms. The molecule has 0 aliphatic rings. The lowest BCUT2D eigenvalue weighted by Crippen LogP contribution is -2.21. The summed E-state index contributed by atoms with van der Waals surface area (Å²) >= 11 is 11.9. The first-order valence-electron chi connectivity index (χ1n) is 7.30. The Balaban J connectivity index is 1.89. The number of carbonyl (C=O) groups is 1. The Morgan fingerprint density at radius 1 is 1.17 bits per heavy atom. The number of ether oxygens (including phenoxy) is 1. The summed E-state index contributed by atoms with van der Waals surface area (Å²) in [4.78, 5) is 12.0. The first kappa shape index (κ1) is 17.4. The van der Waals surface area contributed by atoms with E-state index in [-0.39, 0.29) is 12.5 Å². The largest absolute Gasteiger partial charge is 0.494 e. The fourth-order valence-electron chi connectivity index (χ4n) is 1.90. The van der Waals surface area contributed by atoms with Crippen LogP contribution >= 0.6 is 23.2 Å². The SMILES string of the molecule is CCCOc1cccc(NC(=O)CNc2ccc(Cl)cc2Cl)c1. The van der Waals surface area contributed by atoms with Crippen LogP contribution in [0.15, 0.2) is 42.5 Å². The van der Waals surface area contributed by atoms with Crippen LogP contribution in [0.5, 0.6) is 5.75 Å². The van der Waals surface area contributed by atoms with Gasteiger partial charge < -0.3 is 15.4 Å². The van der Waals surface area contributed by atoms with Crippen LogP contribution in [-0.4, -0.2) is 19.1 Å². The van der Waals surface area contributed by atoms with Gasteiger partial charge in [-0.05, 0) is 36.8 Å². The van der Waals surface area contributed by atoms with Crippen LogP contribution in [0.4, 0.5) is 11.4 Å². The quantitative estimate of drug-likeness (QED) is 0.749. The molecule has 0 aromatic heterocycles. The summed E-state index contributed by atoms with van der Waals surface area (Å²) in [6.45, 7) is 2.79. The maximum absolute atomic E-state index is 12.0. The van der Waals surface area contributed by atoms with Crippen molar-refractivity contribution in [3.63, 3.8) is 0 Å². The van der Waals surface area contributed by atoms with Crippen LogP contribution < -0.4 is 15.4 Å². The summed E-state index contributed by atoms with van der Waals surface area (Å²) in [5.74, 6) is 0.557.